The Morgan fingerprint density at radius 2 is 1.55 bits per heavy atom. The van der Waals surface area contributed by atoms with E-state index in [1.54, 1.807) is 18.2 Å². The maximum Gasteiger partial charge on any atom is 0.0782 e. The van der Waals surface area contributed by atoms with Crippen molar-refractivity contribution in [3.8, 4) is 6.07 Å². The largest absolute Gasteiger partial charge is 0.198 e. The van der Waals surface area contributed by atoms with E-state index in [0.717, 1.165) is 5.56 Å². The van der Waals surface area contributed by atoms with Gasteiger partial charge in [-0.2, -0.15) is 5.26 Å². The van der Waals surface area contributed by atoms with Gasteiger partial charge in [0.2, 0.25) is 0 Å². The van der Waals surface area contributed by atoms with Crippen molar-refractivity contribution < 1.29 is 0 Å². The number of hydrogen-bond donors (Lipinski definition) is 0. The van der Waals surface area contributed by atoms with Crippen molar-refractivity contribution in [2.24, 2.45) is 0 Å². The summed E-state index contributed by atoms with van der Waals surface area (Å²) in [6.07, 6.45) is 0.602. The van der Waals surface area contributed by atoms with Crippen LogP contribution in [0.4, 0.5) is 0 Å². The lowest BCUT2D eigenvalue weighted by atomic mass is 9.85. The molecule has 0 aliphatic heterocycles. The van der Waals surface area contributed by atoms with E-state index >= 15 is 0 Å². The van der Waals surface area contributed by atoms with Crippen molar-refractivity contribution in [1.82, 2.24) is 0 Å². The molecule has 3 heteroatoms. The normalized spacial score (nSPS) is 12.7. The molecule has 0 aliphatic rings. The molecule has 0 saturated heterocycles. The van der Waals surface area contributed by atoms with Gasteiger partial charge in [0.1, 0.15) is 0 Å². The molecule has 1 nitrogen and oxygen atoms in total. The molecule has 0 heterocycles. The fourth-order valence-corrected chi connectivity index (χ4v) is 3.09. The summed E-state index contributed by atoms with van der Waals surface area (Å²) in [6, 6.07) is 16.1. The van der Waals surface area contributed by atoms with E-state index in [-0.39, 0.29) is 11.3 Å². The second-order valence-electron chi connectivity index (χ2n) is 6.47. The van der Waals surface area contributed by atoms with Crippen molar-refractivity contribution >= 4 is 23.2 Å². The average molecular weight is 332 g/mol. The van der Waals surface area contributed by atoms with Gasteiger partial charge in [0.25, 0.3) is 0 Å². The van der Waals surface area contributed by atoms with Crippen LogP contribution in [-0.4, -0.2) is 0 Å². The van der Waals surface area contributed by atoms with Crippen molar-refractivity contribution in [2.45, 2.75) is 38.5 Å². The SMILES string of the molecule is CC(C)(C)c1ccc(CC(C#N)c2c(Cl)cccc2Cl)cc1. The second kappa shape index (κ2) is 6.73. The van der Waals surface area contributed by atoms with Crippen molar-refractivity contribution in [3.63, 3.8) is 0 Å². The molecule has 0 amide bonds. The second-order valence-corrected chi connectivity index (χ2v) is 7.28. The fraction of sp³-hybridized carbons (Fsp3) is 0.316. The van der Waals surface area contributed by atoms with E-state index in [2.05, 4.69) is 51.1 Å². The molecule has 0 aliphatic carbocycles. The quantitative estimate of drug-likeness (QED) is 0.662. The third-order valence-corrected chi connectivity index (χ3v) is 4.42. The van der Waals surface area contributed by atoms with Gasteiger partial charge in [-0.3, -0.25) is 0 Å². The fourth-order valence-electron chi connectivity index (χ4n) is 2.43. The third-order valence-electron chi connectivity index (χ3n) is 3.76. The van der Waals surface area contributed by atoms with Crippen LogP contribution in [0.2, 0.25) is 10.0 Å². The highest BCUT2D eigenvalue weighted by Gasteiger charge is 2.19. The van der Waals surface area contributed by atoms with Crippen molar-refractivity contribution in [3.05, 3.63) is 69.2 Å². The lowest BCUT2D eigenvalue weighted by molar-refractivity contribution is 0.590. The summed E-state index contributed by atoms with van der Waals surface area (Å²) in [7, 11) is 0. The van der Waals surface area contributed by atoms with E-state index in [1.807, 2.05) is 0 Å². The van der Waals surface area contributed by atoms with Crippen LogP contribution in [0.3, 0.4) is 0 Å². The van der Waals surface area contributed by atoms with Crippen LogP contribution >= 0.6 is 23.2 Å². The Bertz CT molecular complexity index is 671. The molecule has 1 unspecified atom stereocenters. The predicted octanol–water partition coefficient (Wildman–Crippen LogP) is 6.14. The third kappa shape index (κ3) is 3.83. The first kappa shape index (κ1) is 16.9. The maximum atomic E-state index is 9.51. The molecule has 2 rings (SSSR count). The molecule has 114 valence electrons. The highest BCUT2D eigenvalue weighted by Crippen LogP contribution is 2.33. The lowest BCUT2D eigenvalue weighted by Gasteiger charge is -2.19. The lowest BCUT2D eigenvalue weighted by Crippen LogP contribution is -2.11. The molecular formula is C19H19Cl2N. The Morgan fingerprint density at radius 3 is 2.00 bits per heavy atom. The Labute approximate surface area is 142 Å². The molecule has 0 fully saturated rings. The summed E-state index contributed by atoms with van der Waals surface area (Å²) in [5.74, 6) is -0.346. The summed E-state index contributed by atoms with van der Waals surface area (Å²) >= 11 is 12.4. The van der Waals surface area contributed by atoms with E-state index in [9.17, 15) is 5.26 Å². The molecule has 0 N–H and O–H groups in total. The van der Waals surface area contributed by atoms with E-state index < -0.39 is 0 Å². The van der Waals surface area contributed by atoms with Gasteiger partial charge in [-0.15, -0.1) is 0 Å². The first-order chi connectivity index (χ1) is 10.3. The van der Waals surface area contributed by atoms with Gasteiger partial charge >= 0.3 is 0 Å². The first-order valence-corrected chi connectivity index (χ1v) is 8.01. The first-order valence-electron chi connectivity index (χ1n) is 7.26. The van der Waals surface area contributed by atoms with Gasteiger partial charge in [0.05, 0.1) is 12.0 Å². The van der Waals surface area contributed by atoms with Gasteiger partial charge < -0.3 is 0 Å². The minimum atomic E-state index is -0.346. The molecule has 0 radical (unpaired) electrons. The van der Waals surface area contributed by atoms with E-state index in [1.165, 1.54) is 5.56 Å². The van der Waals surface area contributed by atoms with Gasteiger partial charge in [0.15, 0.2) is 0 Å². The van der Waals surface area contributed by atoms with Gasteiger partial charge in [-0.1, -0.05) is 74.3 Å². The Balaban J connectivity index is 2.27. The number of nitriles is 1. The molecule has 22 heavy (non-hydrogen) atoms. The van der Waals surface area contributed by atoms with Crippen LogP contribution in [0.1, 0.15) is 43.4 Å². The summed E-state index contributed by atoms with van der Waals surface area (Å²) in [6.45, 7) is 6.55. The van der Waals surface area contributed by atoms with Gasteiger partial charge in [-0.05, 0) is 35.1 Å². The number of benzene rings is 2. The molecule has 2 aromatic rings. The smallest absolute Gasteiger partial charge is 0.0782 e. The summed E-state index contributed by atoms with van der Waals surface area (Å²) in [5.41, 5.74) is 3.23. The number of halogens is 2. The summed E-state index contributed by atoms with van der Waals surface area (Å²) < 4.78 is 0. The average Bonchev–Trinajstić information content (AvgIpc) is 2.45. The molecule has 1 atom stereocenters. The minimum Gasteiger partial charge on any atom is -0.198 e. The standard InChI is InChI=1S/C19H19Cl2N/c1-19(2,3)15-9-7-13(8-10-15)11-14(12-22)18-16(20)5-4-6-17(18)21/h4-10,14H,11H2,1-3H3. The van der Waals surface area contributed by atoms with E-state index in [4.69, 9.17) is 23.2 Å². The zero-order valence-corrected chi connectivity index (χ0v) is 14.5. The van der Waals surface area contributed by atoms with Crippen LogP contribution in [-0.2, 0) is 11.8 Å². The minimum absolute atomic E-state index is 0.124. The Morgan fingerprint density at radius 1 is 1.00 bits per heavy atom. The molecule has 0 bridgehead atoms. The maximum absolute atomic E-state index is 9.51. The topological polar surface area (TPSA) is 23.8 Å². The van der Waals surface area contributed by atoms with Crippen LogP contribution < -0.4 is 0 Å². The van der Waals surface area contributed by atoms with E-state index in [0.29, 0.717) is 22.0 Å². The molecular weight excluding hydrogens is 313 g/mol. The van der Waals surface area contributed by atoms with Crippen LogP contribution in [0.15, 0.2) is 42.5 Å². The monoisotopic (exact) mass is 331 g/mol. The van der Waals surface area contributed by atoms with Crippen molar-refractivity contribution in [2.75, 3.05) is 0 Å². The van der Waals surface area contributed by atoms with Crippen molar-refractivity contribution in [1.29, 1.82) is 5.26 Å². The molecule has 0 spiro atoms. The Kier molecular flexibility index (Phi) is 5.16. The molecule has 0 saturated carbocycles. The highest BCUT2D eigenvalue weighted by molar-refractivity contribution is 6.36. The zero-order valence-electron chi connectivity index (χ0n) is 13.0. The van der Waals surface area contributed by atoms with Crippen LogP contribution in [0.5, 0.6) is 0 Å². The van der Waals surface area contributed by atoms with Gasteiger partial charge in [0, 0.05) is 15.6 Å². The zero-order chi connectivity index (χ0) is 16.3. The highest BCUT2D eigenvalue weighted by atomic mass is 35.5. The molecule has 2 aromatic carbocycles. The van der Waals surface area contributed by atoms with Crippen LogP contribution in [0.25, 0.3) is 0 Å². The van der Waals surface area contributed by atoms with Gasteiger partial charge in [-0.25, -0.2) is 0 Å². The number of rotatable bonds is 3. The predicted molar refractivity (Wildman–Crippen MR) is 93.7 cm³/mol. The Hall–Kier alpha value is -1.49. The number of hydrogen-bond acceptors (Lipinski definition) is 1. The number of nitrogens with zero attached hydrogens (tertiary/aromatic N) is 1. The molecule has 0 aromatic heterocycles. The summed E-state index contributed by atoms with van der Waals surface area (Å²) in [5, 5.41) is 10.6. The summed E-state index contributed by atoms with van der Waals surface area (Å²) in [4.78, 5) is 0. The van der Waals surface area contributed by atoms with Crippen LogP contribution in [0, 0.1) is 11.3 Å².